The smallest absolute Gasteiger partial charge is 0.368 e. The van der Waals surface area contributed by atoms with Gasteiger partial charge in [-0.15, -0.1) is 0 Å². The lowest BCUT2D eigenvalue weighted by molar-refractivity contribution is -0.201. The predicted octanol–water partition coefficient (Wildman–Crippen LogP) is 0.888. The Hall–Kier alpha value is -1.31. The lowest BCUT2D eigenvalue weighted by atomic mass is 9.78. The number of rotatable bonds is 4. The molecule has 1 aliphatic carbocycles. The first-order valence-corrected chi connectivity index (χ1v) is 5.59. The zero-order chi connectivity index (χ0) is 13.8. The Morgan fingerprint density at radius 1 is 1.28 bits per heavy atom. The molecule has 1 rings (SSSR count). The van der Waals surface area contributed by atoms with Crippen molar-refractivity contribution in [1.82, 2.24) is 5.48 Å². The molecule has 0 unspecified atom stereocenters. The second-order valence-corrected chi connectivity index (χ2v) is 4.26. The summed E-state index contributed by atoms with van der Waals surface area (Å²) in [5.74, 6) is -4.47. The van der Waals surface area contributed by atoms with E-state index < -0.39 is 36.4 Å². The molecule has 0 bridgehead atoms. The number of primary amides is 1. The number of nitrogens with two attached hydrogens (primary N) is 1. The highest BCUT2D eigenvalue weighted by Gasteiger charge is 2.48. The standard InChI is InChI=1S/C10H15F3N2O3/c11-10(12,13)7-4-2-1-3-6(7)9(17)15-18-5-8(14)16/h6-7H,1-5H2,(H2,14,16)(H,15,17)/t6-,7-/m1/s1. The molecule has 18 heavy (non-hydrogen) atoms. The molecule has 0 aromatic carbocycles. The molecular formula is C10H15F3N2O3. The zero-order valence-corrected chi connectivity index (χ0v) is 9.63. The van der Waals surface area contributed by atoms with Gasteiger partial charge < -0.3 is 5.73 Å². The first-order chi connectivity index (χ1) is 8.32. The zero-order valence-electron chi connectivity index (χ0n) is 9.63. The Morgan fingerprint density at radius 2 is 1.89 bits per heavy atom. The number of carbonyl (C=O) groups is 2. The molecule has 0 heterocycles. The van der Waals surface area contributed by atoms with Crippen LogP contribution in [0.4, 0.5) is 13.2 Å². The monoisotopic (exact) mass is 268 g/mol. The van der Waals surface area contributed by atoms with Gasteiger partial charge in [0.05, 0.1) is 11.8 Å². The summed E-state index contributed by atoms with van der Waals surface area (Å²) >= 11 is 0. The van der Waals surface area contributed by atoms with E-state index in [4.69, 9.17) is 5.73 Å². The fourth-order valence-electron chi connectivity index (χ4n) is 2.09. The van der Waals surface area contributed by atoms with Crippen molar-refractivity contribution in [1.29, 1.82) is 0 Å². The average molecular weight is 268 g/mol. The van der Waals surface area contributed by atoms with Gasteiger partial charge in [-0.1, -0.05) is 12.8 Å². The van der Waals surface area contributed by atoms with Crippen molar-refractivity contribution in [2.24, 2.45) is 17.6 Å². The van der Waals surface area contributed by atoms with E-state index in [1.54, 1.807) is 0 Å². The highest BCUT2D eigenvalue weighted by Crippen LogP contribution is 2.41. The molecule has 5 nitrogen and oxygen atoms in total. The van der Waals surface area contributed by atoms with Crippen LogP contribution in [0.2, 0.25) is 0 Å². The molecule has 0 radical (unpaired) electrons. The Morgan fingerprint density at radius 3 is 2.44 bits per heavy atom. The van der Waals surface area contributed by atoms with Gasteiger partial charge in [0.25, 0.3) is 0 Å². The molecular weight excluding hydrogens is 253 g/mol. The molecule has 3 N–H and O–H groups in total. The normalized spacial score (nSPS) is 24.6. The number of halogens is 3. The molecule has 0 aromatic rings. The topological polar surface area (TPSA) is 81.4 Å². The van der Waals surface area contributed by atoms with Crippen molar-refractivity contribution in [2.75, 3.05) is 6.61 Å². The summed E-state index contributed by atoms with van der Waals surface area (Å²) in [6.45, 7) is -0.560. The molecule has 2 amide bonds. The minimum Gasteiger partial charge on any atom is -0.368 e. The lowest BCUT2D eigenvalue weighted by Gasteiger charge is -2.31. The fourth-order valence-corrected chi connectivity index (χ4v) is 2.09. The number of alkyl halides is 3. The Balaban J connectivity index is 2.55. The Kier molecular flexibility index (Phi) is 4.94. The summed E-state index contributed by atoms with van der Waals surface area (Å²) in [5, 5.41) is 0. The number of hydrogen-bond acceptors (Lipinski definition) is 3. The molecule has 1 fully saturated rings. The van der Waals surface area contributed by atoms with Gasteiger partial charge >= 0.3 is 6.18 Å². The van der Waals surface area contributed by atoms with E-state index in [1.807, 2.05) is 5.48 Å². The third-order valence-corrected chi connectivity index (χ3v) is 2.91. The number of hydroxylamine groups is 1. The van der Waals surface area contributed by atoms with Crippen LogP contribution >= 0.6 is 0 Å². The van der Waals surface area contributed by atoms with E-state index in [2.05, 4.69) is 4.84 Å². The number of carbonyl (C=O) groups excluding carboxylic acids is 2. The summed E-state index contributed by atoms with van der Waals surface area (Å²) in [6, 6.07) is 0. The van der Waals surface area contributed by atoms with Gasteiger partial charge in [0.2, 0.25) is 11.8 Å². The van der Waals surface area contributed by atoms with E-state index in [9.17, 15) is 22.8 Å². The van der Waals surface area contributed by atoms with Gasteiger partial charge in [-0.25, -0.2) is 5.48 Å². The minimum atomic E-state index is -4.40. The minimum absolute atomic E-state index is 0.0581. The first-order valence-electron chi connectivity index (χ1n) is 5.59. The van der Waals surface area contributed by atoms with Crippen molar-refractivity contribution in [2.45, 2.75) is 31.9 Å². The number of nitrogens with one attached hydrogen (secondary N) is 1. The van der Waals surface area contributed by atoms with Crippen LogP contribution in [0.5, 0.6) is 0 Å². The molecule has 0 spiro atoms. The van der Waals surface area contributed by atoms with E-state index in [1.165, 1.54) is 0 Å². The molecule has 104 valence electrons. The van der Waals surface area contributed by atoms with Crippen molar-refractivity contribution >= 4 is 11.8 Å². The summed E-state index contributed by atoms with van der Waals surface area (Å²) in [5.41, 5.74) is 6.60. The van der Waals surface area contributed by atoms with E-state index in [0.717, 1.165) is 0 Å². The van der Waals surface area contributed by atoms with Crippen molar-refractivity contribution in [3.8, 4) is 0 Å². The van der Waals surface area contributed by atoms with Crippen LogP contribution in [-0.4, -0.2) is 24.6 Å². The third-order valence-electron chi connectivity index (χ3n) is 2.91. The first kappa shape index (κ1) is 14.7. The molecule has 2 atom stereocenters. The predicted molar refractivity (Wildman–Crippen MR) is 54.8 cm³/mol. The van der Waals surface area contributed by atoms with Crippen LogP contribution in [0, 0.1) is 11.8 Å². The number of hydrogen-bond donors (Lipinski definition) is 2. The van der Waals surface area contributed by atoms with Crippen LogP contribution in [0.3, 0.4) is 0 Å². The second-order valence-electron chi connectivity index (χ2n) is 4.26. The maximum absolute atomic E-state index is 12.7. The SMILES string of the molecule is NC(=O)CONC(=O)[C@@H]1CCCC[C@H]1C(F)(F)F. The van der Waals surface area contributed by atoms with Gasteiger partial charge in [-0.3, -0.25) is 14.4 Å². The van der Waals surface area contributed by atoms with Crippen LogP contribution in [-0.2, 0) is 14.4 Å². The van der Waals surface area contributed by atoms with E-state index in [-0.39, 0.29) is 12.8 Å². The van der Waals surface area contributed by atoms with Crippen molar-refractivity contribution in [3.05, 3.63) is 0 Å². The molecule has 0 aromatic heterocycles. The van der Waals surface area contributed by atoms with Crippen molar-refractivity contribution < 1.29 is 27.6 Å². The van der Waals surface area contributed by atoms with Crippen LogP contribution in [0.15, 0.2) is 0 Å². The van der Waals surface area contributed by atoms with Gasteiger partial charge in [0.1, 0.15) is 0 Å². The summed E-state index contributed by atoms with van der Waals surface area (Å²) < 4.78 is 38.1. The summed E-state index contributed by atoms with van der Waals surface area (Å²) in [7, 11) is 0. The lowest BCUT2D eigenvalue weighted by Crippen LogP contribution is -2.43. The highest BCUT2D eigenvalue weighted by atomic mass is 19.4. The van der Waals surface area contributed by atoms with Gasteiger partial charge in [0.15, 0.2) is 6.61 Å². The third kappa shape index (κ3) is 4.17. The summed E-state index contributed by atoms with van der Waals surface area (Å²) in [4.78, 5) is 26.3. The quantitative estimate of drug-likeness (QED) is 0.743. The van der Waals surface area contributed by atoms with Gasteiger partial charge in [-0.2, -0.15) is 13.2 Å². The Labute approximate surface area is 102 Å². The average Bonchev–Trinajstić information content (AvgIpc) is 2.27. The molecule has 0 aliphatic heterocycles. The maximum atomic E-state index is 12.7. The van der Waals surface area contributed by atoms with Crippen LogP contribution in [0.25, 0.3) is 0 Å². The van der Waals surface area contributed by atoms with E-state index >= 15 is 0 Å². The molecule has 8 heteroatoms. The van der Waals surface area contributed by atoms with Crippen LogP contribution < -0.4 is 11.2 Å². The molecule has 1 saturated carbocycles. The molecule has 1 aliphatic rings. The van der Waals surface area contributed by atoms with Gasteiger partial charge in [-0.05, 0) is 12.8 Å². The van der Waals surface area contributed by atoms with Crippen molar-refractivity contribution in [3.63, 3.8) is 0 Å². The second kappa shape index (κ2) is 6.03. The number of amides is 2. The summed E-state index contributed by atoms with van der Waals surface area (Å²) in [6.07, 6.45) is -3.27. The van der Waals surface area contributed by atoms with Crippen LogP contribution in [0.1, 0.15) is 25.7 Å². The van der Waals surface area contributed by atoms with Gasteiger partial charge in [0, 0.05) is 0 Å². The largest absolute Gasteiger partial charge is 0.392 e. The fraction of sp³-hybridized carbons (Fsp3) is 0.800. The maximum Gasteiger partial charge on any atom is 0.392 e. The highest BCUT2D eigenvalue weighted by molar-refractivity contribution is 5.79. The molecule has 0 saturated heterocycles. The van der Waals surface area contributed by atoms with E-state index in [0.29, 0.717) is 12.8 Å². The Bertz CT molecular complexity index is 320.